The Balaban J connectivity index is 2.28. The lowest BCUT2D eigenvalue weighted by Crippen LogP contribution is -2.24. The van der Waals surface area contributed by atoms with Gasteiger partial charge in [0.1, 0.15) is 5.25 Å². The highest BCUT2D eigenvalue weighted by Crippen LogP contribution is 2.36. The lowest BCUT2D eigenvalue weighted by atomic mass is 10.1. The molecule has 0 bridgehead atoms. The number of benzene rings is 2. The van der Waals surface area contributed by atoms with E-state index in [4.69, 9.17) is 5.21 Å². The van der Waals surface area contributed by atoms with Gasteiger partial charge in [-0.3, -0.25) is 10.0 Å². The Hall–Kier alpha value is -1.78. The summed E-state index contributed by atoms with van der Waals surface area (Å²) in [5, 5.41) is 8.46. The maximum absolute atomic E-state index is 11.9. The molecular formula is C16H17NO2S. The summed E-state index contributed by atoms with van der Waals surface area (Å²) in [6, 6.07) is 15.5. The van der Waals surface area contributed by atoms with Gasteiger partial charge in [-0.2, -0.15) is 0 Å². The second kappa shape index (κ2) is 6.59. The average molecular weight is 287 g/mol. The molecule has 1 amide bonds. The van der Waals surface area contributed by atoms with E-state index in [-0.39, 0.29) is 0 Å². The van der Waals surface area contributed by atoms with Gasteiger partial charge in [0.25, 0.3) is 5.91 Å². The molecule has 1 atom stereocenters. The molecular weight excluding hydrogens is 270 g/mol. The van der Waals surface area contributed by atoms with Crippen molar-refractivity contribution in [1.82, 2.24) is 5.48 Å². The fourth-order valence-corrected chi connectivity index (χ4v) is 3.00. The lowest BCUT2D eigenvalue weighted by Gasteiger charge is -2.15. The van der Waals surface area contributed by atoms with E-state index in [2.05, 4.69) is 13.0 Å². The second-order valence-electron chi connectivity index (χ2n) is 4.63. The minimum absolute atomic E-state index is 0.417. The van der Waals surface area contributed by atoms with Crippen LogP contribution in [0.25, 0.3) is 0 Å². The normalized spacial score (nSPS) is 11.9. The maximum Gasteiger partial charge on any atom is 0.261 e. The predicted octanol–water partition coefficient (Wildman–Crippen LogP) is 3.64. The second-order valence-corrected chi connectivity index (χ2v) is 5.81. The fraction of sp³-hybridized carbons (Fsp3) is 0.188. The van der Waals surface area contributed by atoms with Crippen LogP contribution >= 0.6 is 11.8 Å². The first-order chi connectivity index (χ1) is 9.61. The van der Waals surface area contributed by atoms with E-state index in [0.29, 0.717) is 0 Å². The molecule has 2 aromatic rings. The summed E-state index contributed by atoms with van der Waals surface area (Å²) in [6.07, 6.45) is 0. The van der Waals surface area contributed by atoms with E-state index >= 15 is 0 Å². The van der Waals surface area contributed by atoms with Crippen LogP contribution in [0.4, 0.5) is 0 Å². The number of nitrogens with one attached hydrogen (secondary N) is 1. The van der Waals surface area contributed by atoms with E-state index < -0.39 is 11.2 Å². The van der Waals surface area contributed by atoms with Gasteiger partial charge < -0.3 is 0 Å². The number of rotatable bonds is 4. The Bertz CT molecular complexity index is 599. The zero-order chi connectivity index (χ0) is 14.5. The molecule has 2 aromatic carbocycles. The minimum atomic E-state index is -0.469. The van der Waals surface area contributed by atoms with Gasteiger partial charge in [0.2, 0.25) is 0 Å². The molecule has 0 aliphatic carbocycles. The van der Waals surface area contributed by atoms with Crippen LogP contribution < -0.4 is 5.48 Å². The van der Waals surface area contributed by atoms with Gasteiger partial charge in [-0.25, -0.2) is 5.48 Å². The SMILES string of the molecule is Cc1ccc(SC(C(=O)NO)c2ccccc2)cc1C. The van der Waals surface area contributed by atoms with Gasteiger partial charge in [0.15, 0.2) is 0 Å². The highest BCUT2D eigenvalue weighted by Gasteiger charge is 2.21. The monoisotopic (exact) mass is 287 g/mol. The molecule has 4 heteroatoms. The van der Waals surface area contributed by atoms with Crippen molar-refractivity contribution >= 4 is 17.7 Å². The number of hydrogen-bond acceptors (Lipinski definition) is 3. The van der Waals surface area contributed by atoms with Gasteiger partial charge in [-0.15, -0.1) is 11.8 Å². The molecule has 0 radical (unpaired) electrons. The Morgan fingerprint density at radius 2 is 1.80 bits per heavy atom. The molecule has 1 unspecified atom stereocenters. The number of hydrogen-bond donors (Lipinski definition) is 2. The van der Waals surface area contributed by atoms with Crippen LogP contribution in [0.5, 0.6) is 0 Å². The smallest absolute Gasteiger partial charge is 0.261 e. The van der Waals surface area contributed by atoms with E-state index in [9.17, 15) is 4.79 Å². The Morgan fingerprint density at radius 3 is 2.40 bits per heavy atom. The first-order valence-corrected chi connectivity index (χ1v) is 7.22. The van der Waals surface area contributed by atoms with Crippen molar-refractivity contribution in [3.8, 4) is 0 Å². The number of thioether (sulfide) groups is 1. The van der Waals surface area contributed by atoms with Crippen molar-refractivity contribution in [3.05, 3.63) is 65.2 Å². The van der Waals surface area contributed by atoms with Crippen molar-refractivity contribution in [1.29, 1.82) is 0 Å². The molecule has 2 N–H and O–H groups in total. The molecule has 0 fully saturated rings. The Morgan fingerprint density at radius 1 is 1.10 bits per heavy atom. The Labute approximate surface area is 123 Å². The van der Waals surface area contributed by atoms with E-state index in [1.807, 2.05) is 49.4 Å². The number of amides is 1. The molecule has 104 valence electrons. The molecule has 0 spiro atoms. The van der Waals surface area contributed by atoms with Gasteiger partial charge in [-0.05, 0) is 42.7 Å². The standard InChI is InChI=1S/C16H17NO2S/c1-11-8-9-14(10-12(11)2)20-15(16(18)17-19)13-6-4-3-5-7-13/h3-10,15,19H,1-2H3,(H,17,18). The molecule has 0 aliphatic rings. The molecule has 20 heavy (non-hydrogen) atoms. The molecule has 0 saturated heterocycles. The molecule has 0 heterocycles. The summed E-state index contributed by atoms with van der Waals surface area (Å²) in [5.41, 5.74) is 5.02. The van der Waals surface area contributed by atoms with Crippen molar-refractivity contribution in [3.63, 3.8) is 0 Å². The van der Waals surface area contributed by atoms with E-state index in [1.165, 1.54) is 22.9 Å². The molecule has 0 aliphatic heterocycles. The van der Waals surface area contributed by atoms with Gasteiger partial charge in [0.05, 0.1) is 0 Å². The average Bonchev–Trinajstić information content (AvgIpc) is 2.48. The van der Waals surface area contributed by atoms with Gasteiger partial charge in [-0.1, -0.05) is 36.4 Å². The number of hydroxylamine groups is 1. The largest absolute Gasteiger partial charge is 0.289 e. The quantitative estimate of drug-likeness (QED) is 0.513. The van der Waals surface area contributed by atoms with Crippen LogP contribution in [-0.2, 0) is 4.79 Å². The third-order valence-electron chi connectivity index (χ3n) is 3.18. The van der Waals surface area contributed by atoms with E-state index in [1.54, 1.807) is 5.48 Å². The number of carbonyl (C=O) groups is 1. The van der Waals surface area contributed by atoms with Crippen LogP contribution in [-0.4, -0.2) is 11.1 Å². The van der Waals surface area contributed by atoms with Gasteiger partial charge in [0, 0.05) is 4.90 Å². The summed E-state index contributed by atoms with van der Waals surface area (Å²) in [5.74, 6) is -0.417. The van der Waals surface area contributed by atoms with Crippen LogP contribution in [0.3, 0.4) is 0 Å². The first-order valence-electron chi connectivity index (χ1n) is 6.34. The zero-order valence-corrected chi connectivity index (χ0v) is 12.3. The van der Waals surface area contributed by atoms with Crippen molar-refractivity contribution in [2.24, 2.45) is 0 Å². The zero-order valence-electron chi connectivity index (χ0n) is 11.5. The summed E-state index contributed by atoms with van der Waals surface area (Å²) < 4.78 is 0. The Kier molecular flexibility index (Phi) is 4.82. The van der Waals surface area contributed by atoms with Crippen molar-refractivity contribution in [2.45, 2.75) is 24.0 Å². The predicted molar refractivity (Wildman–Crippen MR) is 80.9 cm³/mol. The van der Waals surface area contributed by atoms with Crippen LogP contribution in [0.2, 0.25) is 0 Å². The number of aryl methyl sites for hydroxylation is 2. The fourth-order valence-electron chi connectivity index (χ4n) is 1.88. The first kappa shape index (κ1) is 14.6. The molecule has 0 saturated carbocycles. The molecule has 2 rings (SSSR count). The lowest BCUT2D eigenvalue weighted by molar-refractivity contribution is -0.128. The summed E-state index contributed by atoms with van der Waals surface area (Å²) >= 11 is 1.43. The summed E-state index contributed by atoms with van der Waals surface area (Å²) in [6.45, 7) is 4.10. The highest BCUT2D eigenvalue weighted by molar-refractivity contribution is 8.00. The third kappa shape index (κ3) is 3.40. The van der Waals surface area contributed by atoms with Crippen molar-refractivity contribution in [2.75, 3.05) is 0 Å². The molecule has 0 aromatic heterocycles. The van der Waals surface area contributed by atoms with Crippen LogP contribution in [0.15, 0.2) is 53.4 Å². The summed E-state index contributed by atoms with van der Waals surface area (Å²) in [7, 11) is 0. The van der Waals surface area contributed by atoms with Gasteiger partial charge >= 0.3 is 0 Å². The van der Waals surface area contributed by atoms with Crippen LogP contribution in [0, 0.1) is 13.8 Å². The van der Waals surface area contributed by atoms with Crippen LogP contribution in [0.1, 0.15) is 21.9 Å². The van der Waals surface area contributed by atoms with E-state index in [0.717, 1.165) is 10.5 Å². The topological polar surface area (TPSA) is 49.3 Å². The highest BCUT2D eigenvalue weighted by atomic mass is 32.2. The van der Waals surface area contributed by atoms with Crippen molar-refractivity contribution < 1.29 is 10.0 Å². The number of carbonyl (C=O) groups excluding carboxylic acids is 1. The molecule has 3 nitrogen and oxygen atoms in total. The third-order valence-corrected chi connectivity index (χ3v) is 4.43. The summed E-state index contributed by atoms with van der Waals surface area (Å²) in [4.78, 5) is 12.9. The minimum Gasteiger partial charge on any atom is -0.289 e. The maximum atomic E-state index is 11.9.